The van der Waals surface area contributed by atoms with Gasteiger partial charge in [0.2, 0.25) is 5.91 Å². The number of amides is 1. The van der Waals surface area contributed by atoms with Crippen molar-refractivity contribution in [2.45, 2.75) is 49.3 Å². The molecular weight excluding hydrogens is 512 g/mol. The predicted molar refractivity (Wildman–Crippen MR) is 155 cm³/mol. The summed E-state index contributed by atoms with van der Waals surface area (Å²) in [6.07, 6.45) is 2.06. The first-order valence-electron chi connectivity index (χ1n) is 12.6. The summed E-state index contributed by atoms with van der Waals surface area (Å²) in [5, 5.41) is 7.85. The van der Waals surface area contributed by atoms with Crippen LogP contribution in [0, 0.1) is 20.8 Å². The smallest absolute Gasteiger partial charge is 0.226 e. The Balaban J connectivity index is 1.36. The van der Waals surface area contributed by atoms with Crippen molar-refractivity contribution in [3.8, 4) is 0 Å². The molecule has 1 amide bonds. The van der Waals surface area contributed by atoms with Gasteiger partial charge in [-0.3, -0.25) is 9.78 Å². The maximum atomic E-state index is 12.9. The molecule has 1 aliphatic heterocycles. The van der Waals surface area contributed by atoms with Crippen LogP contribution in [0.15, 0.2) is 93.4 Å². The highest BCUT2D eigenvalue weighted by molar-refractivity contribution is 7.99. The van der Waals surface area contributed by atoms with Crippen LogP contribution >= 0.6 is 24.0 Å². The number of aromatic nitrogens is 1. The molecule has 4 aromatic rings. The summed E-state index contributed by atoms with van der Waals surface area (Å²) >= 11 is 7.33. The number of carbonyl (C=O) groups is 1. The maximum Gasteiger partial charge on any atom is 0.226 e. The van der Waals surface area contributed by atoms with E-state index in [9.17, 15) is 4.79 Å². The minimum atomic E-state index is -0.238. The molecule has 0 spiro atoms. The quantitative estimate of drug-likeness (QED) is 0.239. The number of benzene rings is 2. The van der Waals surface area contributed by atoms with Crippen molar-refractivity contribution in [3.05, 3.63) is 107 Å². The second-order valence-corrected chi connectivity index (χ2v) is 11.0. The van der Waals surface area contributed by atoms with Crippen LogP contribution in [0.2, 0.25) is 0 Å². The lowest BCUT2D eigenvalue weighted by Crippen LogP contribution is -2.32. The van der Waals surface area contributed by atoms with Crippen LogP contribution in [0.25, 0.3) is 0 Å². The third-order valence-electron chi connectivity index (χ3n) is 6.58. The second kappa shape index (κ2) is 11.4. The van der Waals surface area contributed by atoms with Crippen LogP contribution in [0.1, 0.15) is 46.6 Å². The molecule has 0 radical (unpaired) electrons. The van der Waals surface area contributed by atoms with Crippen molar-refractivity contribution < 1.29 is 9.21 Å². The number of nitrogens with one attached hydrogen (secondary N) is 2. The van der Waals surface area contributed by atoms with E-state index in [1.807, 2.05) is 67.3 Å². The van der Waals surface area contributed by atoms with Crippen molar-refractivity contribution in [2.75, 3.05) is 11.9 Å². The second-order valence-electron chi connectivity index (χ2n) is 9.51. The minimum absolute atomic E-state index is 0.0587. The molecule has 1 fully saturated rings. The number of hydrogen-bond donors (Lipinski definition) is 2. The minimum Gasteiger partial charge on any atom is -0.452 e. The highest BCUT2D eigenvalue weighted by atomic mass is 32.2. The lowest BCUT2D eigenvalue weighted by molar-refractivity contribution is -0.116. The van der Waals surface area contributed by atoms with Gasteiger partial charge >= 0.3 is 0 Å². The molecule has 0 unspecified atom stereocenters. The number of nitrogens with zero attached hydrogens (tertiary/aromatic N) is 2. The monoisotopic (exact) mass is 542 g/mol. The van der Waals surface area contributed by atoms with Crippen molar-refractivity contribution in [1.29, 1.82) is 0 Å². The third-order valence-corrected chi connectivity index (χ3v) is 7.86. The molecule has 0 bridgehead atoms. The van der Waals surface area contributed by atoms with Gasteiger partial charge in [-0.15, -0.1) is 0 Å². The Labute approximate surface area is 232 Å². The van der Waals surface area contributed by atoms with Gasteiger partial charge in [-0.1, -0.05) is 47.7 Å². The largest absolute Gasteiger partial charge is 0.452 e. The number of rotatable bonds is 8. The molecule has 3 heterocycles. The number of pyridine rings is 1. The number of thiocarbonyl (C=S) groups is 1. The zero-order chi connectivity index (χ0) is 26.6. The summed E-state index contributed by atoms with van der Waals surface area (Å²) in [4.78, 5) is 20.7. The van der Waals surface area contributed by atoms with Gasteiger partial charge in [-0.05, 0) is 86.6 Å². The molecule has 0 saturated carbocycles. The van der Waals surface area contributed by atoms with E-state index in [0.29, 0.717) is 11.7 Å². The maximum absolute atomic E-state index is 12.9. The fourth-order valence-electron chi connectivity index (χ4n) is 4.53. The number of hydrogen-bond acceptors (Lipinski definition) is 5. The molecule has 2 aromatic heterocycles. The van der Waals surface area contributed by atoms with Crippen molar-refractivity contribution >= 4 is 40.7 Å². The number of carbonyl (C=O) groups excluding carboxylic acids is 1. The van der Waals surface area contributed by atoms with E-state index in [4.69, 9.17) is 16.6 Å². The Hall–Kier alpha value is -3.62. The molecule has 38 heavy (non-hydrogen) atoms. The summed E-state index contributed by atoms with van der Waals surface area (Å²) in [7, 11) is 0. The first-order valence-corrected chi connectivity index (χ1v) is 13.8. The number of aryl methyl sites for hydroxylation is 3. The zero-order valence-corrected chi connectivity index (χ0v) is 23.2. The van der Waals surface area contributed by atoms with Crippen molar-refractivity contribution in [1.82, 2.24) is 15.2 Å². The van der Waals surface area contributed by atoms with Gasteiger partial charge in [-0.25, -0.2) is 0 Å². The SMILES string of the molecule is Cc1ccc(Sc2ccc([C@@H]3[C@H](c4ccccn4)NC(=S)N3CCC(=O)Nc3cc(C)ccc3C)o2)cc1. The third kappa shape index (κ3) is 5.92. The van der Waals surface area contributed by atoms with Crippen molar-refractivity contribution in [2.24, 2.45) is 0 Å². The van der Waals surface area contributed by atoms with E-state index in [2.05, 4.69) is 46.8 Å². The average molecular weight is 543 g/mol. The van der Waals surface area contributed by atoms with Crippen LogP contribution in [0.5, 0.6) is 0 Å². The van der Waals surface area contributed by atoms with Gasteiger partial charge in [0.15, 0.2) is 10.2 Å². The average Bonchev–Trinajstić information content (AvgIpc) is 3.50. The Morgan fingerprint density at radius 3 is 2.61 bits per heavy atom. The molecule has 5 rings (SSSR count). The van der Waals surface area contributed by atoms with Gasteiger partial charge in [-0.2, -0.15) is 0 Å². The van der Waals surface area contributed by atoms with E-state index in [1.54, 1.807) is 18.0 Å². The van der Waals surface area contributed by atoms with E-state index in [1.165, 1.54) is 5.56 Å². The molecule has 1 aliphatic rings. The van der Waals surface area contributed by atoms with E-state index >= 15 is 0 Å². The normalized spacial score (nSPS) is 16.9. The summed E-state index contributed by atoms with van der Waals surface area (Å²) in [5.41, 5.74) is 5.06. The van der Waals surface area contributed by atoms with Crippen LogP contribution in [-0.4, -0.2) is 27.4 Å². The molecular formula is C30H30N4O2S2. The fourth-order valence-corrected chi connectivity index (χ4v) is 5.64. The lowest BCUT2D eigenvalue weighted by Gasteiger charge is -2.25. The first kappa shape index (κ1) is 26.0. The van der Waals surface area contributed by atoms with Crippen LogP contribution in [0.3, 0.4) is 0 Å². The highest BCUT2D eigenvalue weighted by Crippen LogP contribution is 2.41. The lowest BCUT2D eigenvalue weighted by atomic mass is 10.0. The summed E-state index contributed by atoms with van der Waals surface area (Å²) in [5.74, 6) is 0.717. The zero-order valence-electron chi connectivity index (χ0n) is 21.6. The van der Waals surface area contributed by atoms with Crippen LogP contribution in [0.4, 0.5) is 5.69 Å². The summed E-state index contributed by atoms with van der Waals surface area (Å²) < 4.78 is 6.36. The standard InChI is InChI=1S/C30H30N4O2S2/c1-19-8-11-22(12-9-19)38-27-14-13-25(36-27)29-28(23-6-4-5-16-31-23)33-30(37)34(29)17-15-26(35)32-24-18-20(2)7-10-21(24)3/h4-14,16,18,28-29H,15,17H2,1-3H3,(H,32,35)(H,33,37)/t28-,29+/m0/s1. The molecule has 6 nitrogen and oxygen atoms in total. The highest BCUT2D eigenvalue weighted by Gasteiger charge is 2.41. The van der Waals surface area contributed by atoms with Gasteiger partial charge in [0.25, 0.3) is 0 Å². The molecule has 2 N–H and O–H groups in total. The Bertz CT molecular complexity index is 1440. The topological polar surface area (TPSA) is 70.4 Å². The van der Waals surface area contributed by atoms with Gasteiger partial charge < -0.3 is 20.0 Å². The van der Waals surface area contributed by atoms with E-state index in [-0.39, 0.29) is 24.4 Å². The van der Waals surface area contributed by atoms with Crippen LogP contribution < -0.4 is 10.6 Å². The predicted octanol–water partition coefficient (Wildman–Crippen LogP) is 6.75. The molecule has 2 aromatic carbocycles. The number of anilines is 1. The van der Waals surface area contributed by atoms with Gasteiger partial charge in [0, 0.05) is 29.7 Å². The number of furan rings is 1. The van der Waals surface area contributed by atoms with Crippen molar-refractivity contribution in [3.63, 3.8) is 0 Å². The van der Waals surface area contributed by atoms with Gasteiger partial charge in [0.1, 0.15) is 11.8 Å². The fraction of sp³-hybridized carbons (Fsp3) is 0.233. The summed E-state index contributed by atoms with van der Waals surface area (Å²) in [6, 6.07) is 23.8. The van der Waals surface area contributed by atoms with E-state index < -0.39 is 0 Å². The Morgan fingerprint density at radius 1 is 1.05 bits per heavy atom. The molecule has 194 valence electrons. The van der Waals surface area contributed by atoms with E-state index in [0.717, 1.165) is 38.3 Å². The molecule has 8 heteroatoms. The summed E-state index contributed by atoms with van der Waals surface area (Å²) in [6.45, 7) is 6.52. The molecule has 1 saturated heterocycles. The van der Waals surface area contributed by atoms with Gasteiger partial charge in [0.05, 0.1) is 11.7 Å². The Kier molecular flexibility index (Phi) is 7.81. The molecule has 2 atom stereocenters. The van der Waals surface area contributed by atoms with Crippen LogP contribution in [-0.2, 0) is 4.79 Å². The molecule has 0 aliphatic carbocycles. The Morgan fingerprint density at radius 2 is 1.84 bits per heavy atom. The first-order chi connectivity index (χ1) is 18.4.